The first-order valence-corrected chi connectivity index (χ1v) is 20.2. The highest BCUT2D eigenvalue weighted by atomic mass is 15.1. The van der Waals surface area contributed by atoms with Crippen molar-refractivity contribution >= 4 is 27.8 Å². The fraction of sp³-hybridized carbons (Fsp3) is 0. The van der Waals surface area contributed by atoms with Crippen molar-refractivity contribution in [2.24, 2.45) is 0 Å². The molecule has 0 amide bonds. The van der Waals surface area contributed by atoms with Gasteiger partial charge in [0, 0.05) is 17.1 Å². The normalized spacial score (nSPS) is 11.1. The minimum atomic E-state index is 1.09. The van der Waals surface area contributed by atoms with Crippen LogP contribution in [0.2, 0.25) is 0 Å². The van der Waals surface area contributed by atoms with Gasteiger partial charge in [-0.2, -0.15) is 0 Å². The Bertz CT molecular complexity index is 2990. The summed E-state index contributed by atoms with van der Waals surface area (Å²) in [7, 11) is 0. The van der Waals surface area contributed by atoms with Crippen molar-refractivity contribution in [2.75, 3.05) is 4.90 Å². The predicted molar refractivity (Wildman–Crippen MR) is 251 cm³/mol. The van der Waals surface area contributed by atoms with Gasteiger partial charge >= 0.3 is 0 Å². The summed E-state index contributed by atoms with van der Waals surface area (Å²) in [6, 6.07) is 89.8. The molecule has 10 aromatic rings. The topological polar surface area (TPSA) is 3.24 Å². The quantitative estimate of drug-likeness (QED) is 0.142. The van der Waals surface area contributed by atoms with Gasteiger partial charge in [-0.1, -0.05) is 194 Å². The van der Waals surface area contributed by atoms with Gasteiger partial charge in [0.25, 0.3) is 0 Å². The van der Waals surface area contributed by atoms with Gasteiger partial charge in [0.15, 0.2) is 0 Å². The van der Waals surface area contributed by atoms with Crippen molar-refractivity contribution < 1.29 is 0 Å². The lowest BCUT2D eigenvalue weighted by Gasteiger charge is -2.26. The summed E-state index contributed by atoms with van der Waals surface area (Å²) < 4.78 is 0. The molecule has 0 heterocycles. The fourth-order valence-corrected chi connectivity index (χ4v) is 8.18. The van der Waals surface area contributed by atoms with Crippen LogP contribution in [0.4, 0.5) is 17.1 Å². The second kappa shape index (κ2) is 16.0. The molecule has 0 aliphatic rings. The molecule has 0 unspecified atom stereocenters. The first-order valence-electron chi connectivity index (χ1n) is 20.2. The molecule has 278 valence electrons. The van der Waals surface area contributed by atoms with Crippen LogP contribution < -0.4 is 4.90 Å². The molecule has 0 atom stereocenters. The van der Waals surface area contributed by atoms with E-state index in [0.717, 1.165) is 17.1 Å². The van der Waals surface area contributed by atoms with Gasteiger partial charge in [0.1, 0.15) is 0 Å². The minimum Gasteiger partial charge on any atom is -0.311 e. The molecule has 1 nitrogen and oxygen atoms in total. The predicted octanol–water partition coefficient (Wildman–Crippen LogP) is 16.3. The number of hydrogen-bond donors (Lipinski definition) is 0. The van der Waals surface area contributed by atoms with Gasteiger partial charge in [-0.05, 0) is 132 Å². The zero-order valence-corrected chi connectivity index (χ0v) is 32.6. The Kier molecular flexibility index (Phi) is 9.68. The summed E-state index contributed by atoms with van der Waals surface area (Å²) >= 11 is 0. The standard InChI is InChI=1S/C58H41N/c1-4-13-42(14-5-1)50-21-12-22-51(39-50)45-25-32-54(33-26-45)59(55-34-27-46(28-35-55)52-24-23-44-17-10-11-20-49(44)40-52)56-36-29-48(30-37-56)58-41-53(43-15-6-2-7-16-43)31-38-57(58)47-18-8-3-9-19-47/h1-41H. The molecule has 59 heavy (non-hydrogen) atoms. The molecule has 0 aliphatic carbocycles. The maximum absolute atomic E-state index is 2.36. The number of nitrogens with zero attached hydrogens (tertiary/aromatic N) is 1. The van der Waals surface area contributed by atoms with Gasteiger partial charge < -0.3 is 4.90 Å². The van der Waals surface area contributed by atoms with E-state index in [1.165, 1.54) is 77.5 Å². The third kappa shape index (κ3) is 7.46. The van der Waals surface area contributed by atoms with Gasteiger partial charge in [-0.25, -0.2) is 0 Å². The van der Waals surface area contributed by atoms with Crippen molar-refractivity contribution in [3.63, 3.8) is 0 Å². The smallest absolute Gasteiger partial charge is 0.0462 e. The van der Waals surface area contributed by atoms with Crippen LogP contribution in [0.1, 0.15) is 0 Å². The van der Waals surface area contributed by atoms with Crippen molar-refractivity contribution in [3.05, 3.63) is 249 Å². The Hall–Kier alpha value is -7.74. The summed E-state index contributed by atoms with van der Waals surface area (Å²) in [5.41, 5.74) is 17.7. The van der Waals surface area contributed by atoms with E-state index < -0.39 is 0 Å². The lowest BCUT2D eigenvalue weighted by Crippen LogP contribution is -2.09. The molecule has 0 radical (unpaired) electrons. The van der Waals surface area contributed by atoms with E-state index in [1.54, 1.807) is 0 Å². The summed E-state index contributed by atoms with van der Waals surface area (Å²) in [4.78, 5) is 2.36. The average molecular weight is 752 g/mol. The van der Waals surface area contributed by atoms with Crippen LogP contribution in [0, 0.1) is 0 Å². The highest BCUT2D eigenvalue weighted by Crippen LogP contribution is 2.41. The summed E-state index contributed by atoms with van der Waals surface area (Å²) in [6.45, 7) is 0. The lowest BCUT2D eigenvalue weighted by atomic mass is 9.91. The molecule has 0 N–H and O–H groups in total. The maximum Gasteiger partial charge on any atom is 0.0462 e. The minimum absolute atomic E-state index is 1.09. The van der Waals surface area contributed by atoms with E-state index in [2.05, 4.69) is 254 Å². The monoisotopic (exact) mass is 751 g/mol. The van der Waals surface area contributed by atoms with Crippen LogP contribution in [-0.2, 0) is 0 Å². The van der Waals surface area contributed by atoms with E-state index in [0.29, 0.717) is 0 Å². The van der Waals surface area contributed by atoms with Crippen LogP contribution in [0.5, 0.6) is 0 Å². The zero-order valence-electron chi connectivity index (χ0n) is 32.6. The number of fused-ring (bicyclic) bond motifs is 1. The van der Waals surface area contributed by atoms with Crippen molar-refractivity contribution in [1.82, 2.24) is 0 Å². The fourth-order valence-electron chi connectivity index (χ4n) is 8.18. The molecule has 0 saturated heterocycles. The molecule has 0 spiro atoms. The first-order chi connectivity index (χ1) is 29.2. The Morgan fingerprint density at radius 2 is 0.542 bits per heavy atom. The van der Waals surface area contributed by atoms with Crippen molar-refractivity contribution in [3.8, 4) is 66.8 Å². The van der Waals surface area contributed by atoms with Crippen LogP contribution in [-0.4, -0.2) is 0 Å². The highest BCUT2D eigenvalue weighted by Gasteiger charge is 2.16. The van der Waals surface area contributed by atoms with E-state index in [4.69, 9.17) is 0 Å². The Labute approximate surface area is 346 Å². The van der Waals surface area contributed by atoms with Gasteiger partial charge in [-0.3, -0.25) is 0 Å². The van der Waals surface area contributed by atoms with Crippen molar-refractivity contribution in [2.45, 2.75) is 0 Å². The van der Waals surface area contributed by atoms with Crippen LogP contribution >= 0.6 is 0 Å². The Morgan fingerprint density at radius 3 is 1.08 bits per heavy atom. The van der Waals surface area contributed by atoms with Gasteiger partial charge in [0.2, 0.25) is 0 Å². The van der Waals surface area contributed by atoms with Gasteiger partial charge in [0.05, 0.1) is 0 Å². The second-order valence-corrected chi connectivity index (χ2v) is 15.0. The van der Waals surface area contributed by atoms with Gasteiger partial charge in [-0.15, -0.1) is 0 Å². The van der Waals surface area contributed by atoms with E-state index in [9.17, 15) is 0 Å². The molecule has 10 aromatic carbocycles. The molecule has 0 bridgehead atoms. The number of rotatable bonds is 9. The molecule has 10 rings (SSSR count). The number of hydrogen-bond acceptors (Lipinski definition) is 1. The molecule has 0 fully saturated rings. The Balaban J connectivity index is 1.04. The lowest BCUT2D eigenvalue weighted by molar-refractivity contribution is 1.28. The molecule has 0 saturated carbocycles. The SMILES string of the molecule is c1ccc(-c2cccc(-c3ccc(N(c4ccc(-c5ccc6ccccc6c5)cc4)c4ccc(-c5cc(-c6ccccc6)ccc5-c5ccccc5)cc4)cc3)c2)cc1. The van der Waals surface area contributed by atoms with Crippen molar-refractivity contribution in [1.29, 1.82) is 0 Å². The Morgan fingerprint density at radius 1 is 0.186 bits per heavy atom. The van der Waals surface area contributed by atoms with Crippen LogP contribution in [0.3, 0.4) is 0 Å². The molecule has 1 heteroatoms. The van der Waals surface area contributed by atoms with E-state index in [-0.39, 0.29) is 0 Å². The number of benzene rings is 10. The van der Waals surface area contributed by atoms with Crippen LogP contribution in [0.25, 0.3) is 77.5 Å². The second-order valence-electron chi connectivity index (χ2n) is 15.0. The van der Waals surface area contributed by atoms with E-state index >= 15 is 0 Å². The zero-order chi connectivity index (χ0) is 39.4. The first kappa shape index (κ1) is 35.7. The van der Waals surface area contributed by atoms with Crippen LogP contribution in [0.15, 0.2) is 249 Å². The molecular formula is C58H41N. The summed E-state index contributed by atoms with van der Waals surface area (Å²) in [5, 5.41) is 2.50. The summed E-state index contributed by atoms with van der Waals surface area (Å²) in [6.07, 6.45) is 0. The molecule has 0 aromatic heterocycles. The largest absolute Gasteiger partial charge is 0.311 e. The molecular weight excluding hydrogens is 711 g/mol. The maximum atomic E-state index is 2.36. The third-order valence-corrected chi connectivity index (χ3v) is 11.3. The summed E-state index contributed by atoms with van der Waals surface area (Å²) in [5.74, 6) is 0. The highest BCUT2D eigenvalue weighted by molar-refractivity contribution is 5.90. The van der Waals surface area contributed by atoms with E-state index in [1.807, 2.05) is 0 Å². The average Bonchev–Trinajstić information content (AvgIpc) is 3.33. The molecule has 0 aliphatic heterocycles. The number of anilines is 3. The third-order valence-electron chi connectivity index (χ3n) is 11.3.